The average Bonchev–Trinajstić information content (AvgIpc) is 2.96. The second-order valence-electron chi connectivity index (χ2n) is 5.91. The SMILES string of the molecule is Cc1ccc(N2CCC(Nc3ccc([N+](=O)[O-])cc3C#N)C2=O)cc1. The van der Waals surface area contributed by atoms with E-state index in [1.54, 1.807) is 4.90 Å². The van der Waals surface area contributed by atoms with Crippen LogP contribution in [0.5, 0.6) is 0 Å². The summed E-state index contributed by atoms with van der Waals surface area (Å²) in [5, 5.41) is 23.1. The molecule has 3 rings (SSSR count). The number of rotatable bonds is 4. The number of nitrogens with one attached hydrogen (secondary N) is 1. The molecule has 0 saturated carbocycles. The Labute approximate surface area is 144 Å². The summed E-state index contributed by atoms with van der Waals surface area (Å²) in [6, 6.07) is 13.2. The van der Waals surface area contributed by atoms with E-state index in [1.165, 1.54) is 18.2 Å². The van der Waals surface area contributed by atoms with Crippen LogP contribution in [-0.4, -0.2) is 23.4 Å². The Kier molecular flexibility index (Phi) is 4.35. The summed E-state index contributed by atoms with van der Waals surface area (Å²) in [7, 11) is 0. The molecule has 0 radical (unpaired) electrons. The van der Waals surface area contributed by atoms with Gasteiger partial charge in [0.05, 0.1) is 16.2 Å². The number of aryl methyl sites for hydroxylation is 1. The summed E-state index contributed by atoms with van der Waals surface area (Å²) in [6.45, 7) is 2.56. The molecular weight excluding hydrogens is 320 g/mol. The quantitative estimate of drug-likeness (QED) is 0.683. The molecule has 1 heterocycles. The number of nitrogens with zero attached hydrogens (tertiary/aromatic N) is 3. The fourth-order valence-corrected chi connectivity index (χ4v) is 2.85. The number of anilines is 2. The maximum atomic E-state index is 12.6. The van der Waals surface area contributed by atoms with Gasteiger partial charge in [0.25, 0.3) is 5.69 Å². The van der Waals surface area contributed by atoms with Crippen molar-refractivity contribution in [1.82, 2.24) is 0 Å². The first-order valence-electron chi connectivity index (χ1n) is 7.82. The number of hydrogen-bond donors (Lipinski definition) is 1. The third-order valence-corrected chi connectivity index (χ3v) is 4.22. The van der Waals surface area contributed by atoms with Crippen LogP contribution < -0.4 is 10.2 Å². The number of carbonyl (C=O) groups excluding carboxylic acids is 1. The summed E-state index contributed by atoms with van der Waals surface area (Å²) in [5.74, 6) is -0.0777. The number of hydrogen-bond acceptors (Lipinski definition) is 5. The van der Waals surface area contributed by atoms with Crippen LogP contribution in [0.25, 0.3) is 0 Å². The van der Waals surface area contributed by atoms with Crippen molar-refractivity contribution in [1.29, 1.82) is 5.26 Å². The van der Waals surface area contributed by atoms with Gasteiger partial charge in [-0.15, -0.1) is 0 Å². The topological polar surface area (TPSA) is 99.3 Å². The lowest BCUT2D eigenvalue weighted by Gasteiger charge is -2.18. The van der Waals surface area contributed by atoms with Crippen LogP contribution in [0.15, 0.2) is 42.5 Å². The van der Waals surface area contributed by atoms with Gasteiger partial charge in [0.1, 0.15) is 12.1 Å². The number of carbonyl (C=O) groups is 1. The highest BCUT2D eigenvalue weighted by atomic mass is 16.6. The molecule has 1 saturated heterocycles. The molecule has 0 aliphatic carbocycles. The second-order valence-corrected chi connectivity index (χ2v) is 5.91. The molecule has 1 unspecified atom stereocenters. The van der Waals surface area contributed by atoms with Gasteiger partial charge in [-0.1, -0.05) is 17.7 Å². The van der Waals surface area contributed by atoms with Crippen molar-refractivity contribution in [2.24, 2.45) is 0 Å². The first kappa shape index (κ1) is 16.5. The largest absolute Gasteiger partial charge is 0.373 e. The van der Waals surface area contributed by atoms with E-state index in [2.05, 4.69) is 5.32 Å². The van der Waals surface area contributed by atoms with E-state index in [4.69, 9.17) is 0 Å². The zero-order chi connectivity index (χ0) is 18.0. The Morgan fingerprint density at radius 3 is 2.64 bits per heavy atom. The van der Waals surface area contributed by atoms with Gasteiger partial charge in [-0.05, 0) is 31.5 Å². The number of nitro benzene ring substituents is 1. The summed E-state index contributed by atoms with van der Waals surface area (Å²) in [4.78, 5) is 24.6. The fraction of sp³-hybridized carbons (Fsp3) is 0.222. The molecule has 126 valence electrons. The summed E-state index contributed by atoms with van der Waals surface area (Å²) in [6.07, 6.45) is 0.592. The number of nitriles is 1. The Bertz CT molecular complexity index is 871. The van der Waals surface area contributed by atoms with Gasteiger partial charge in [0, 0.05) is 24.4 Å². The zero-order valence-corrected chi connectivity index (χ0v) is 13.6. The third-order valence-electron chi connectivity index (χ3n) is 4.22. The average molecular weight is 336 g/mol. The van der Waals surface area contributed by atoms with Crippen LogP contribution in [0.3, 0.4) is 0 Å². The van der Waals surface area contributed by atoms with Crippen LogP contribution in [0, 0.1) is 28.4 Å². The monoisotopic (exact) mass is 336 g/mol. The lowest BCUT2D eigenvalue weighted by Crippen LogP contribution is -2.33. The van der Waals surface area contributed by atoms with Gasteiger partial charge < -0.3 is 10.2 Å². The van der Waals surface area contributed by atoms with Crippen molar-refractivity contribution in [2.45, 2.75) is 19.4 Å². The van der Waals surface area contributed by atoms with Crippen molar-refractivity contribution < 1.29 is 9.72 Å². The predicted molar refractivity (Wildman–Crippen MR) is 93.4 cm³/mol. The first-order chi connectivity index (χ1) is 12.0. The van der Waals surface area contributed by atoms with Crippen LogP contribution in [0.2, 0.25) is 0 Å². The van der Waals surface area contributed by atoms with Crippen molar-refractivity contribution in [3.8, 4) is 6.07 Å². The van der Waals surface area contributed by atoms with E-state index >= 15 is 0 Å². The number of non-ortho nitro benzene ring substituents is 1. The van der Waals surface area contributed by atoms with E-state index < -0.39 is 11.0 Å². The lowest BCUT2D eigenvalue weighted by molar-refractivity contribution is -0.384. The van der Waals surface area contributed by atoms with E-state index in [0.717, 1.165) is 11.3 Å². The molecule has 7 heteroatoms. The predicted octanol–water partition coefficient (Wildman–Crippen LogP) is 2.99. The number of nitro groups is 1. The van der Waals surface area contributed by atoms with Crippen molar-refractivity contribution >= 4 is 23.0 Å². The molecule has 1 fully saturated rings. The van der Waals surface area contributed by atoms with Crippen molar-refractivity contribution in [3.63, 3.8) is 0 Å². The molecule has 25 heavy (non-hydrogen) atoms. The molecule has 0 bridgehead atoms. The molecule has 7 nitrogen and oxygen atoms in total. The highest BCUT2D eigenvalue weighted by Gasteiger charge is 2.33. The van der Waals surface area contributed by atoms with Crippen molar-refractivity contribution in [3.05, 3.63) is 63.7 Å². The minimum atomic E-state index is -0.551. The van der Waals surface area contributed by atoms with Crippen molar-refractivity contribution in [2.75, 3.05) is 16.8 Å². The molecule has 2 aromatic carbocycles. The van der Waals surface area contributed by atoms with Gasteiger partial charge in [0.2, 0.25) is 5.91 Å². The standard InChI is InChI=1S/C18H16N4O3/c1-12-2-4-14(5-3-12)21-9-8-17(18(21)23)20-16-7-6-15(22(24)25)10-13(16)11-19/h2-7,10,17,20H,8-9H2,1H3. The minimum absolute atomic E-state index is 0.0777. The molecule has 1 amide bonds. The Balaban J connectivity index is 1.78. The van der Waals surface area contributed by atoms with Gasteiger partial charge in [-0.25, -0.2) is 0 Å². The number of amides is 1. The maximum absolute atomic E-state index is 12.6. The molecule has 0 aromatic heterocycles. The third kappa shape index (κ3) is 3.28. The summed E-state index contributed by atoms with van der Waals surface area (Å²) in [5.41, 5.74) is 2.38. The molecule has 1 aliphatic rings. The molecule has 1 N–H and O–H groups in total. The molecule has 0 spiro atoms. The smallest absolute Gasteiger partial charge is 0.270 e. The molecule has 2 aromatic rings. The first-order valence-corrected chi connectivity index (χ1v) is 7.82. The van der Waals surface area contributed by atoms with Gasteiger partial charge in [-0.2, -0.15) is 5.26 Å². The molecule has 1 atom stereocenters. The second kappa shape index (κ2) is 6.61. The Hall–Kier alpha value is -3.40. The van der Waals surface area contributed by atoms with Crippen LogP contribution in [0.1, 0.15) is 17.5 Å². The number of benzene rings is 2. The van der Waals surface area contributed by atoms with E-state index in [1.807, 2.05) is 37.3 Å². The van der Waals surface area contributed by atoms with E-state index in [-0.39, 0.29) is 17.2 Å². The van der Waals surface area contributed by atoms with Crippen LogP contribution in [-0.2, 0) is 4.79 Å². The zero-order valence-electron chi connectivity index (χ0n) is 13.6. The normalized spacial score (nSPS) is 16.6. The maximum Gasteiger partial charge on any atom is 0.270 e. The highest BCUT2D eigenvalue weighted by molar-refractivity contribution is 6.01. The van der Waals surface area contributed by atoms with Gasteiger partial charge in [0.15, 0.2) is 0 Å². The lowest BCUT2D eigenvalue weighted by atomic mass is 10.1. The van der Waals surface area contributed by atoms with Gasteiger partial charge in [-0.3, -0.25) is 14.9 Å². The van der Waals surface area contributed by atoms with Crippen LogP contribution >= 0.6 is 0 Å². The molecular formula is C18H16N4O3. The summed E-state index contributed by atoms with van der Waals surface area (Å²) < 4.78 is 0. The fourth-order valence-electron chi connectivity index (χ4n) is 2.85. The van der Waals surface area contributed by atoms with E-state index in [0.29, 0.717) is 18.7 Å². The van der Waals surface area contributed by atoms with Crippen LogP contribution in [0.4, 0.5) is 17.1 Å². The van der Waals surface area contributed by atoms with Gasteiger partial charge >= 0.3 is 0 Å². The highest BCUT2D eigenvalue weighted by Crippen LogP contribution is 2.27. The minimum Gasteiger partial charge on any atom is -0.373 e. The Morgan fingerprint density at radius 2 is 2.00 bits per heavy atom. The van der Waals surface area contributed by atoms with E-state index in [9.17, 15) is 20.2 Å². The summed E-state index contributed by atoms with van der Waals surface area (Å²) >= 11 is 0. The Morgan fingerprint density at radius 1 is 1.28 bits per heavy atom. The molecule has 1 aliphatic heterocycles.